The molecule has 0 saturated carbocycles. The Labute approximate surface area is 151 Å². The fraction of sp³-hybridized carbons (Fsp3) is 0.667. The third-order valence-electron chi connectivity index (χ3n) is 3.66. The lowest BCUT2D eigenvalue weighted by Gasteiger charge is -2.35. The molecule has 0 N–H and O–H groups in total. The normalized spacial score (nSPS) is 20.2. The van der Waals surface area contributed by atoms with Crippen LogP contribution in [0, 0.1) is 5.41 Å². The summed E-state index contributed by atoms with van der Waals surface area (Å²) < 4.78 is 11.3. The molecule has 1 aliphatic rings. The Bertz CT molecular complexity index is 477. The average Bonchev–Trinajstić information content (AvgIpc) is 2.57. The summed E-state index contributed by atoms with van der Waals surface area (Å²) in [4.78, 5) is 0. The summed E-state index contributed by atoms with van der Waals surface area (Å²) >= 11 is 7.03. The van der Waals surface area contributed by atoms with Crippen LogP contribution < -0.4 is 0 Å². The zero-order valence-electron chi connectivity index (χ0n) is 15.1. The molecule has 1 fully saturated rings. The van der Waals surface area contributed by atoms with Gasteiger partial charge in [0.05, 0.1) is 13.2 Å². The van der Waals surface area contributed by atoms with Crippen molar-refractivity contribution in [3.05, 3.63) is 35.9 Å². The van der Waals surface area contributed by atoms with Gasteiger partial charge in [0.25, 0.3) is 0 Å². The molecule has 1 unspecified atom stereocenters. The molecular weight excluding hydrogens is 343 g/mol. The lowest BCUT2D eigenvalue weighted by atomic mass is 9.97. The number of hydrogen-bond acceptors (Lipinski definition) is 4. The molecule has 0 amide bonds. The van der Waals surface area contributed by atoms with Gasteiger partial charge in [-0.05, 0) is 36.1 Å². The highest BCUT2D eigenvalue weighted by Gasteiger charge is 2.33. The van der Waals surface area contributed by atoms with E-state index >= 15 is 0 Å². The monoisotopic (exact) mass is 374 g/mol. The zero-order valence-corrected chi connectivity index (χ0v) is 17.6. The van der Waals surface area contributed by atoms with Gasteiger partial charge >= 0.3 is 0 Å². The maximum absolute atomic E-state index is 5.65. The van der Waals surface area contributed by atoms with Gasteiger partial charge in [0.15, 0.2) is 0 Å². The van der Waals surface area contributed by atoms with E-state index in [9.17, 15) is 0 Å². The largest absolute Gasteiger partial charge is 0.321 e. The van der Waals surface area contributed by atoms with Crippen molar-refractivity contribution in [2.24, 2.45) is 5.41 Å². The minimum Gasteiger partial charge on any atom is -0.321 e. The van der Waals surface area contributed by atoms with E-state index in [1.807, 2.05) is 0 Å². The second kappa shape index (κ2) is 10.2. The van der Waals surface area contributed by atoms with Crippen LogP contribution in [-0.4, -0.2) is 19.0 Å². The Kier molecular flexibility index (Phi) is 9.40. The van der Waals surface area contributed by atoms with E-state index in [0.717, 1.165) is 25.4 Å². The molecular formula is C18H31O2PS2. The van der Waals surface area contributed by atoms with Crippen molar-refractivity contribution in [1.82, 2.24) is 0 Å². The SMILES string of the molecule is CCC(C)c1ccccc1.CCCSP1(=S)OCC(C)(C)CO1. The molecule has 1 saturated heterocycles. The Morgan fingerprint density at radius 2 is 1.74 bits per heavy atom. The van der Waals surface area contributed by atoms with Crippen LogP contribution in [0.5, 0.6) is 0 Å². The van der Waals surface area contributed by atoms with Crippen molar-refractivity contribution in [3.8, 4) is 0 Å². The molecule has 2 nitrogen and oxygen atoms in total. The average molecular weight is 375 g/mol. The number of benzene rings is 1. The van der Waals surface area contributed by atoms with E-state index in [-0.39, 0.29) is 5.41 Å². The van der Waals surface area contributed by atoms with Gasteiger partial charge in [0, 0.05) is 11.2 Å². The fourth-order valence-corrected chi connectivity index (χ4v) is 6.50. The second-order valence-corrected chi connectivity index (χ2v) is 13.1. The van der Waals surface area contributed by atoms with Crippen LogP contribution in [0.4, 0.5) is 0 Å². The molecule has 1 aromatic carbocycles. The first-order chi connectivity index (χ1) is 10.8. The van der Waals surface area contributed by atoms with Crippen LogP contribution >= 0.6 is 17.1 Å². The van der Waals surface area contributed by atoms with Crippen LogP contribution in [-0.2, 0) is 20.9 Å². The van der Waals surface area contributed by atoms with Gasteiger partial charge < -0.3 is 9.05 Å². The molecule has 23 heavy (non-hydrogen) atoms. The van der Waals surface area contributed by atoms with E-state index in [1.165, 1.54) is 12.0 Å². The first kappa shape index (κ1) is 21.2. The van der Waals surface area contributed by atoms with Crippen LogP contribution in [0.3, 0.4) is 0 Å². The molecule has 0 bridgehead atoms. The minimum absolute atomic E-state index is 0.134. The van der Waals surface area contributed by atoms with E-state index in [4.69, 9.17) is 20.9 Å². The molecule has 2 rings (SSSR count). The van der Waals surface area contributed by atoms with Crippen LogP contribution in [0.1, 0.15) is 58.9 Å². The number of rotatable bonds is 5. The molecule has 0 aliphatic carbocycles. The summed E-state index contributed by atoms with van der Waals surface area (Å²) in [6.07, 6.45) is 2.35. The first-order valence-electron chi connectivity index (χ1n) is 8.40. The van der Waals surface area contributed by atoms with E-state index in [0.29, 0.717) is 5.92 Å². The zero-order chi connectivity index (χ0) is 17.3. The molecule has 0 radical (unpaired) electrons. The van der Waals surface area contributed by atoms with E-state index in [1.54, 1.807) is 11.4 Å². The lowest BCUT2D eigenvalue weighted by Crippen LogP contribution is -2.28. The van der Waals surface area contributed by atoms with Crippen molar-refractivity contribution in [2.75, 3.05) is 19.0 Å². The third-order valence-corrected chi connectivity index (χ3v) is 9.17. The molecule has 1 aliphatic heterocycles. The molecule has 1 atom stereocenters. The summed E-state index contributed by atoms with van der Waals surface area (Å²) in [7, 11) is 0. The summed E-state index contributed by atoms with van der Waals surface area (Å²) in [5.41, 5.74) is -0.377. The van der Waals surface area contributed by atoms with Crippen molar-refractivity contribution < 1.29 is 9.05 Å². The van der Waals surface area contributed by atoms with Gasteiger partial charge in [-0.15, -0.1) is 0 Å². The van der Waals surface area contributed by atoms with Crippen LogP contribution in [0.2, 0.25) is 0 Å². The predicted molar refractivity (Wildman–Crippen MR) is 108 cm³/mol. The summed E-state index contributed by atoms with van der Waals surface area (Å²) in [6.45, 7) is 12.4. The summed E-state index contributed by atoms with van der Waals surface area (Å²) in [5.74, 6) is 1.75. The van der Waals surface area contributed by atoms with Gasteiger partial charge in [-0.25, -0.2) is 0 Å². The predicted octanol–water partition coefficient (Wildman–Crippen LogP) is 6.63. The van der Waals surface area contributed by atoms with E-state index < -0.39 is 5.69 Å². The Morgan fingerprint density at radius 1 is 1.17 bits per heavy atom. The van der Waals surface area contributed by atoms with Crippen molar-refractivity contribution >= 4 is 28.9 Å². The van der Waals surface area contributed by atoms with Crippen LogP contribution in [0.25, 0.3) is 0 Å². The molecule has 5 heteroatoms. The van der Waals surface area contributed by atoms with Crippen LogP contribution in [0.15, 0.2) is 30.3 Å². The number of hydrogen-bond donors (Lipinski definition) is 0. The highest BCUT2D eigenvalue weighted by molar-refractivity contribution is 8.67. The topological polar surface area (TPSA) is 18.5 Å². The second-order valence-electron chi connectivity index (χ2n) is 6.71. The van der Waals surface area contributed by atoms with Gasteiger partial charge in [-0.2, -0.15) is 0 Å². The van der Waals surface area contributed by atoms with Gasteiger partial charge in [0.1, 0.15) is 0 Å². The van der Waals surface area contributed by atoms with E-state index in [2.05, 4.69) is 65.0 Å². The highest BCUT2D eigenvalue weighted by Crippen LogP contribution is 2.64. The third kappa shape index (κ3) is 8.18. The van der Waals surface area contributed by atoms with Gasteiger partial charge in [0.2, 0.25) is 5.69 Å². The molecule has 1 heterocycles. The van der Waals surface area contributed by atoms with Crippen molar-refractivity contribution in [3.63, 3.8) is 0 Å². The molecule has 132 valence electrons. The van der Waals surface area contributed by atoms with Crippen molar-refractivity contribution in [2.45, 2.75) is 53.4 Å². The quantitative estimate of drug-likeness (QED) is 0.538. The summed E-state index contributed by atoms with van der Waals surface area (Å²) in [5, 5.41) is 0. The smallest absolute Gasteiger partial charge is 0.247 e. The fourth-order valence-electron chi connectivity index (χ4n) is 1.88. The van der Waals surface area contributed by atoms with Gasteiger partial charge in [-0.1, -0.05) is 76.3 Å². The Morgan fingerprint density at radius 3 is 2.22 bits per heavy atom. The molecule has 0 aromatic heterocycles. The highest BCUT2D eigenvalue weighted by atomic mass is 32.9. The maximum atomic E-state index is 5.65. The Hall–Kier alpha value is 0.140. The lowest BCUT2D eigenvalue weighted by molar-refractivity contribution is 0.0672. The van der Waals surface area contributed by atoms with Gasteiger partial charge in [-0.3, -0.25) is 0 Å². The Balaban J connectivity index is 0.000000238. The summed E-state index contributed by atoms with van der Waals surface area (Å²) in [6, 6.07) is 10.6. The minimum atomic E-state index is -1.96. The first-order valence-corrected chi connectivity index (χ1v) is 12.6. The molecule has 0 spiro atoms. The van der Waals surface area contributed by atoms with Crippen molar-refractivity contribution in [1.29, 1.82) is 0 Å². The maximum Gasteiger partial charge on any atom is 0.247 e. The standard InChI is InChI=1S/C10H14.C8H17O2PS2/c1-3-9(2)10-7-5-4-6-8-10;1-4-5-13-11(12)9-6-8(2,3)7-10-11/h4-9H,3H2,1-2H3;4-7H2,1-3H3. The molecule has 1 aromatic rings.